The first kappa shape index (κ1) is 21.7. The van der Waals surface area contributed by atoms with Gasteiger partial charge in [-0.15, -0.1) is 0 Å². The standard InChI is InChI=1S/C35H29FN3/c36-27-12-11-24-9-5-15-35(39-17-14-26(20-30(39)29(24)21-27)23-6-2-1-3-7-23)22-31-33(35)28-10-4-8-25-13-16-37-18-19-38(31)34(37)32(25)28/h1-8,10-12,14-15,17-21,31,33-34H,9,13,16,22H2/q+1/b15-5+. The van der Waals surface area contributed by atoms with E-state index in [2.05, 4.69) is 106 Å². The van der Waals surface area contributed by atoms with E-state index < -0.39 is 0 Å². The van der Waals surface area contributed by atoms with Crippen molar-refractivity contribution in [1.29, 1.82) is 0 Å². The summed E-state index contributed by atoms with van der Waals surface area (Å²) >= 11 is 0. The number of fused-ring (bicyclic) bond motifs is 8. The topological polar surface area (TPSA) is 10.4 Å². The van der Waals surface area contributed by atoms with Gasteiger partial charge in [0.15, 0.2) is 11.7 Å². The molecule has 0 saturated heterocycles. The number of allylic oxidation sites excluding steroid dienone is 2. The molecular formula is C35H29FN3+. The van der Waals surface area contributed by atoms with Crippen LogP contribution in [0.5, 0.6) is 0 Å². The minimum Gasteiger partial charge on any atom is -0.352 e. The molecule has 1 spiro atoms. The monoisotopic (exact) mass is 510 g/mol. The van der Waals surface area contributed by atoms with Gasteiger partial charge in [-0.1, -0.05) is 60.7 Å². The van der Waals surface area contributed by atoms with Crippen LogP contribution in [-0.4, -0.2) is 22.4 Å². The first-order valence-corrected chi connectivity index (χ1v) is 14.1. The second-order valence-electron chi connectivity index (χ2n) is 11.7. The maximum absolute atomic E-state index is 14.8. The van der Waals surface area contributed by atoms with E-state index in [0.717, 1.165) is 48.2 Å². The Kier molecular flexibility index (Phi) is 4.28. The molecule has 5 aliphatic rings. The molecule has 1 fully saturated rings. The molecule has 1 aliphatic carbocycles. The molecule has 39 heavy (non-hydrogen) atoms. The summed E-state index contributed by atoms with van der Waals surface area (Å²) in [4.78, 5) is 5.15. The Labute approximate surface area is 228 Å². The smallest absolute Gasteiger partial charge is 0.214 e. The lowest BCUT2D eigenvalue weighted by molar-refractivity contribution is -0.761. The number of aromatic nitrogens is 1. The molecule has 1 saturated carbocycles. The van der Waals surface area contributed by atoms with E-state index in [1.54, 1.807) is 12.1 Å². The van der Waals surface area contributed by atoms with E-state index in [1.807, 2.05) is 6.07 Å². The van der Waals surface area contributed by atoms with E-state index >= 15 is 0 Å². The summed E-state index contributed by atoms with van der Waals surface area (Å²) in [5.74, 6) is 0.138. The molecule has 0 radical (unpaired) electrons. The number of benzene rings is 3. The number of nitrogens with zero attached hydrogens (tertiary/aromatic N) is 3. The van der Waals surface area contributed by atoms with Crippen LogP contribution in [0.15, 0.2) is 110 Å². The van der Waals surface area contributed by atoms with Gasteiger partial charge in [0.25, 0.3) is 0 Å². The summed E-state index contributed by atoms with van der Waals surface area (Å²) in [7, 11) is 0. The van der Waals surface area contributed by atoms with Crippen LogP contribution in [0.4, 0.5) is 4.39 Å². The van der Waals surface area contributed by atoms with Gasteiger partial charge in [0.2, 0.25) is 5.69 Å². The molecule has 0 N–H and O–H groups in total. The fourth-order valence-electron chi connectivity index (χ4n) is 8.23. The van der Waals surface area contributed by atoms with Crippen molar-refractivity contribution in [3.63, 3.8) is 0 Å². The normalized spacial score (nSPS) is 27.6. The Morgan fingerprint density at radius 1 is 0.872 bits per heavy atom. The van der Waals surface area contributed by atoms with Crippen LogP contribution in [0, 0.1) is 5.82 Å². The van der Waals surface area contributed by atoms with Crippen LogP contribution in [0.1, 0.15) is 40.8 Å². The highest BCUT2D eigenvalue weighted by Gasteiger charge is 2.67. The Balaban J connectivity index is 1.29. The lowest BCUT2D eigenvalue weighted by Gasteiger charge is -2.59. The zero-order valence-electron chi connectivity index (χ0n) is 21.7. The number of hydrogen-bond donors (Lipinski definition) is 0. The molecule has 4 atom stereocenters. The minimum atomic E-state index is -0.210. The van der Waals surface area contributed by atoms with Gasteiger partial charge in [0, 0.05) is 43.1 Å². The van der Waals surface area contributed by atoms with Gasteiger partial charge in [-0.2, -0.15) is 4.57 Å². The number of halogens is 1. The summed E-state index contributed by atoms with van der Waals surface area (Å²) in [5, 5.41) is 0. The molecule has 190 valence electrons. The van der Waals surface area contributed by atoms with Crippen LogP contribution in [0.3, 0.4) is 0 Å². The third-order valence-corrected chi connectivity index (χ3v) is 9.93. The number of pyridine rings is 1. The first-order chi connectivity index (χ1) is 19.2. The van der Waals surface area contributed by atoms with Gasteiger partial charge in [0.05, 0.1) is 17.5 Å². The van der Waals surface area contributed by atoms with Crippen molar-refractivity contribution in [3.8, 4) is 22.4 Å². The highest BCUT2D eigenvalue weighted by Crippen LogP contribution is 2.61. The van der Waals surface area contributed by atoms with Crippen molar-refractivity contribution in [2.24, 2.45) is 0 Å². The second kappa shape index (κ2) is 7.69. The molecule has 0 bridgehead atoms. The van der Waals surface area contributed by atoms with Crippen molar-refractivity contribution in [2.45, 2.75) is 42.9 Å². The summed E-state index contributed by atoms with van der Waals surface area (Å²) in [6.07, 6.45) is 15.0. The van der Waals surface area contributed by atoms with Crippen LogP contribution < -0.4 is 4.57 Å². The zero-order valence-corrected chi connectivity index (χ0v) is 21.7. The summed E-state index contributed by atoms with van der Waals surface area (Å²) < 4.78 is 17.3. The van der Waals surface area contributed by atoms with Crippen molar-refractivity contribution in [2.75, 3.05) is 6.54 Å². The molecule has 4 unspecified atom stereocenters. The van der Waals surface area contributed by atoms with Crippen molar-refractivity contribution < 1.29 is 8.96 Å². The highest BCUT2D eigenvalue weighted by atomic mass is 19.1. The molecule has 4 aromatic rings. The third-order valence-electron chi connectivity index (χ3n) is 9.93. The molecule has 9 rings (SSSR count). The van der Waals surface area contributed by atoms with Gasteiger partial charge in [-0.25, -0.2) is 4.39 Å². The Morgan fingerprint density at radius 3 is 2.72 bits per heavy atom. The van der Waals surface area contributed by atoms with E-state index in [1.165, 1.54) is 22.3 Å². The van der Waals surface area contributed by atoms with Crippen molar-refractivity contribution >= 4 is 0 Å². The van der Waals surface area contributed by atoms with Crippen LogP contribution in [0.25, 0.3) is 22.4 Å². The molecule has 3 nitrogen and oxygen atoms in total. The van der Waals surface area contributed by atoms with Gasteiger partial charge >= 0.3 is 0 Å². The quantitative estimate of drug-likeness (QED) is 0.215. The molecule has 0 amide bonds. The van der Waals surface area contributed by atoms with Crippen LogP contribution >= 0.6 is 0 Å². The van der Waals surface area contributed by atoms with E-state index in [0.29, 0.717) is 18.1 Å². The molecular weight excluding hydrogens is 481 g/mol. The van der Waals surface area contributed by atoms with Gasteiger partial charge in [-0.3, -0.25) is 0 Å². The van der Waals surface area contributed by atoms with Crippen LogP contribution in [-0.2, 0) is 18.4 Å². The Morgan fingerprint density at radius 2 is 1.79 bits per heavy atom. The second-order valence-corrected chi connectivity index (χ2v) is 11.7. The Hall–Kier alpha value is -4.18. The van der Waals surface area contributed by atoms with Crippen molar-refractivity contribution in [1.82, 2.24) is 9.80 Å². The van der Waals surface area contributed by atoms with Crippen LogP contribution in [0.2, 0.25) is 0 Å². The minimum absolute atomic E-state index is 0.185. The molecule has 3 aromatic carbocycles. The van der Waals surface area contributed by atoms with Gasteiger partial charge < -0.3 is 9.80 Å². The van der Waals surface area contributed by atoms with E-state index in [-0.39, 0.29) is 11.4 Å². The molecule has 4 aliphatic heterocycles. The molecule has 1 aromatic heterocycles. The van der Waals surface area contributed by atoms with Crippen molar-refractivity contribution in [3.05, 3.63) is 138 Å². The highest BCUT2D eigenvalue weighted by molar-refractivity contribution is 5.71. The maximum Gasteiger partial charge on any atom is 0.214 e. The van der Waals surface area contributed by atoms with E-state index in [9.17, 15) is 4.39 Å². The zero-order chi connectivity index (χ0) is 25.7. The summed E-state index contributed by atoms with van der Waals surface area (Å²) in [5.41, 5.74) is 9.88. The fraction of sp³-hybridized carbons (Fsp3) is 0.229. The third kappa shape index (κ3) is 2.84. The number of rotatable bonds is 1. The SMILES string of the molecule is Fc1ccc2c(c1)-c1cc(-c3ccccc3)cc[n+]1C1(/C=C/C2)CC2C1c1cccc3c1C1N(C=CN21)CC3. The average molecular weight is 511 g/mol. The summed E-state index contributed by atoms with van der Waals surface area (Å²) in [6, 6.07) is 27.8. The lowest BCUT2D eigenvalue weighted by atomic mass is 9.55. The fourth-order valence-corrected chi connectivity index (χ4v) is 8.23. The van der Waals surface area contributed by atoms with Gasteiger partial charge in [0.1, 0.15) is 12.0 Å². The predicted molar refractivity (Wildman–Crippen MR) is 150 cm³/mol. The average Bonchev–Trinajstić information content (AvgIpc) is 3.39. The lowest BCUT2D eigenvalue weighted by Crippen LogP contribution is -2.73. The first-order valence-electron chi connectivity index (χ1n) is 14.1. The molecule has 4 heteroatoms. The Bertz CT molecular complexity index is 1720. The predicted octanol–water partition coefficient (Wildman–Crippen LogP) is 6.47. The summed E-state index contributed by atoms with van der Waals surface area (Å²) in [6.45, 7) is 1.08. The number of hydrogen-bond acceptors (Lipinski definition) is 2. The molecule has 5 heterocycles. The van der Waals surface area contributed by atoms with Gasteiger partial charge in [-0.05, 0) is 58.9 Å². The van der Waals surface area contributed by atoms with E-state index in [4.69, 9.17) is 0 Å². The largest absolute Gasteiger partial charge is 0.352 e. The maximum atomic E-state index is 14.8.